The minimum Gasteiger partial charge on any atom is -0.497 e. The third-order valence-corrected chi connectivity index (χ3v) is 5.04. The Bertz CT molecular complexity index is 679. The van der Waals surface area contributed by atoms with Gasteiger partial charge < -0.3 is 9.84 Å². The van der Waals surface area contributed by atoms with Gasteiger partial charge in [0.2, 0.25) is 0 Å². The number of benzene rings is 1. The third kappa shape index (κ3) is 3.71. The normalized spacial score (nSPS) is 15.6. The Labute approximate surface area is 139 Å². The minimum absolute atomic E-state index is 0.382. The molecule has 5 nitrogen and oxygen atoms in total. The van der Waals surface area contributed by atoms with Crippen molar-refractivity contribution in [3.8, 4) is 16.3 Å². The van der Waals surface area contributed by atoms with Gasteiger partial charge in [0.1, 0.15) is 16.8 Å². The highest BCUT2D eigenvalue weighted by Crippen LogP contribution is 2.32. The van der Waals surface area contributed by atoms with Gasteiger partial charge in [0.15, 0.2) is 0 Å². The Morgan fingerprint density at radius 3 is 2.70 bits per heavy atom. The lowest BCUT2D eigenvalue weighted by Crippen LogP contribution is -2.40. The molecular weight excluding hydrogens is 312 g/mol. The molecule has 2 aromatic rings. The van der Waals surface area contributed by atoms with Gasteiger partial charge in [-0.25, -0.2) is 4.98 Å². The van der Waals surface area contributed by atoms with E-state index < -0.39 is 12.0 Å². The lowest BCUT2D eigenvalue weighted by atomic mass is 10.2. The van der Waals surface area contributed by atoms with Crippen LogP contribution in [0.1, 0.15) is 25.5 Å². The van der Waals surface area contributed by atoms with Crippen molar-refractivity contribution in [2.75, 3.05) is 7.11 Å². The van der Waals surface area contributed by atoms with Crippen molar-refractivity contribution in [3.05, 3.63) is 35.3 Å². The van der Waals surface area contributed by atoms with Crippen LogP contribution < -0.4 is 4.74 Å². The van der Waals surface area contributed by atoms with Crippen molar-refractivity contribution >= 4 is 17.3 Å². The molecule has 1 unspecified atom stereocenters. The predicted molar refractivity (Wildman–Crippen MR) is 89.8 cm³/mol. The van der Waals surface area contributed by atoms with Crippen LogP contribution in [0.25, 0.3) is 10.6 Å². The van der Waals surface area contributed by atoms with Gasteiger partial charge in [-0.3, -0.25) is 9.69 Å². The lowest BCUT2D eigenvalue weighted by Gasteiger charge is -2.25. The summed E-state index contributed by atoms with van der Waals surface area (Å²) < 4.78 is 5.17. The maximum Gasteiger partial charge on any atom is 0.320 e. The molecule has 1 aliphatic rings. The van der Waals surface area contributed by atoms with Crippen LogP contribution in [0.15, 0.2) is 29.6 Å². The fraction of sp³-hybridized carbons (Fsp3) is 0.412. The maximum atomic E-state index is 11.3. The van der Waals surface area contributed by atoms with Crippen LogP contribution in [0.2, 0.25) is 0 Å². The van der Waals surface area contributed by atoms with Crippen LogP contribution in [-0.2, 0) is 11.3 Å². The number of hydrogen-bond donors (Lipinski definition) is 1. The molecule has 0 amide bonds. The molecule has 0 saturated heterocycles. The van der Waals surface area contributed by atoms with Gasteiger partial charge in [0.05, 0.1) is 12.8 Å². The number of aliphatic carboxylic acids is 1. The van der Waals surface area contributed by atoms with E-state index >= 15 is 0 Å². The highest BCUT2D eigenvalue weighted by atomic mass is 32.1. The van der Waals surface area contributed by atoms with E-state index in [-0.39, 0.29) is 0 Å². The number of methoxy groups -OCH3 is 1. The first-order valence-electron chi connectivity index (χ1n) is 7.66. The van der Waals surface area contributed by atoms with Gasteiger partial charge in [-0.15, -0.1) is 11.3 Å². The second kappa shape index (κ2) is 6.68. The van der Waals surface area contributed by atoms with E-state index in [0.717, 1.165) is 34.9 Å². The molecule has 122 valence electrons. The summed E-state index contributed by atoms with van der Waals surface area (Å²) in [5, 5.41) is 12.2. The Hall–Kier alpha value is -1.92. The van der Waals surface area contributed by atoms with Crippen LogP contribution in [0.4, 0.5) is 0 Å². The van der Waals surface area contributed by atoms with Crippen LogP contribution in [0, 0.1) is 0 Å². The van der Waals surface area contributed by atoms with Crippen LogP contribution >= 0.6 is 11.3 Å². The molecule has 1 atom stereocenters. The smallest absolute Gasteiger partial charge is 0.320 e. The molecule has 3 rings (SSSR count). The van der Waals surface area contributed by atoms with Gasteiger partial charge in [0.25, 0.3) is 0 Å². The van der Waals surface area contributed by atoms with Gasteiger partial charge >= 0.3 is 5.97 Å². The van der Waals surface area contributed by atoms with Crippen molar-refractivity contribution in [2.45, 2.75) is 38.4 Å². The summed E-state index contributed by atoms with van der Waals surface area (Å²) in [5.74, 6) is 0.0447. The van der Waals surface area contributed by atoms with Gasteiger partial charge in [-0.05, 0) is 44.0 Å². The quantitative estimate of drug-likeness (QED) is 0.843. The lowest BCUT2D eigenvalue weighted by molar-refractivity contribution is -0.143. The Morgan fingerprint density at radius 2 is 2.13 bits per heavy atom. The zero-order valence-electron chi connectivity index (χ0n) is 13.2. The zero-order valence-corrected chi connectivity index (χ0v) is 14.0. The molecular formula is C17H20N2O3S. The predicted octanol–water partition coefficient (Wildman–Crippen LogP) is 3.26. The second-order valence-electron chi connectivity index (χ2n) is 5.79. The molecule has 23 heavy (non-hydrogen) atoms. The summed E-state index contributed by atoms with van der Waals surface area (Å²) in [6.07, 6.45) is 2.15. The largest absolute Gasteiger partial charge is 0.497 e. The first-order chi connectivity index (χ1) is 11.1. The molecule has 0 bridgehead atoms. The average Bonchev–Trinajstić information content (AvgIpc) is 3.30. The molecule has 1 aromatic heterocycles. The summed E-state index contributed by atoms with van der Waals surface area (Å²) in [6.45, 7) is 2.34. The summed E-state index contributed by atoms with van der Waals surface area (Å²) in [4.78, 5) is 18.0. The molecule has 1 fully saturated rings. The third-order valence-electron chi connectivity index (χ3n) is 4.10. The number of aromatic nitrogens is 1. The number of thiazole rings is 1. The van der Waals surface area contributed by atoms with Gasteiger partial charge in [-0.2, -0.15) is 0 Å². The maximum absolute atomic E-state index is 11.3. The zero-order chi connectivity index (χ0) is 16.4. The fourth-order valence-corrected chi connectivity index (χ4v) is 3.38. The van der Waals surface area contributed by atoms with Crippen molar-refractivity contribution in [3.63, 3.8) is 0 Å². The molecule has 1 aliphatic carbocycles. The number of carboxylic acids is 1. The molecule has 0 spiro atoms. The standard InChI is InChI=1S/C17H20N2O3S/c1-11(17(20)21)19(14-5-6-14)9-13-10-23-16(18-13)12-3-7-15(22-2)8-4-12/h3-4,7-8,10-11,14H,5-6,9H2,1-2H3,(H,20,21). The van der Waals surface area contributed by atoms with E-state index in [1.165, 1.54) is 0 Å². The van der Waals surface area contributed by atoms with E-state index in [0.29, 0.717) is 12.6 Å². The SMILES string of the molecule is COc1ccc(-c2nc(CN(C3CC3)C(C)C(=O)O)cs2)cc1. The van der Waals surface area contributed by atoms with Crippen LogP contribution in [-0.4, -0.2) is 40.2 Å². The van der Waals surface area contributed by atoms with E-state index in [1.807, 2.05) is 34.5 Å². The average molecular weight is 332 g/mol. The molecule has 6 heteroatoms. The molecule has 1 aromatic carbocycles. The molecule has 1 N–H and O–H groups in total. The molecule has 1 heterocycles. The number of carboxylic acid groups (broad SMARTS) is 1. The Kier molecular flexibility index (Phi) is 4.63. The number of nitrogens with zero attached hydrogens (tertiary/aromatic N) is 2. The van der Waals surface area contributed by atoms with Crippen molar-refractivity contribution in [1.29, 1.82) is 0 Å². The van der Waals surface area contributed by atoms with Crippen LogP contribution in [0.3, 0.4) is 0 Å². The van der Waals surface area contributed by atoms with Crippen molar-refractivity contribution in [2.24, 2.45) is 0 Å². The summed E-state index contributed by atoms with van der Waals surface area (Å²) in [6, 6.07) is 7.71. The second-order valence-corrected chi connectivity index (χ2v) is 6.65. The van der Waals surface area contributed by atoms with E-state index in [4.69, 9.17) is 4.74 Å². The Morgan fingerprint density at radius 1 is 1.43 bits per heavy atom. The summed E-state index contributed by atoms with van der Waals surface area (Å²) in [7, 11) is 1.65. The van der Waals surface area contributed by atoms with Crippen LogP contribution in [0.5, 0.6) is 5.75 Å². The van der Waals surface area contributed by atoms with E-state index in [1.54, 1.807) is 25.4 Å². The molecule has 0 aliphatic heterocycles. The fourth-order valence-electron chi connectivity index (χ4n) is 2.56. The molecule has 0 radical (unpaired) electrons. The van der Waals surface area contributed by atoms with Gasteiger partial charge in [-0.1, -0.05) is 0 Å². The minimum atomic E-state index is -0.775. The van der Waals surface area contributed by atoms with E-state index in [9.17, 15) is 9.90 Å². The van der Waals surface area contributed by atoms with Gasteiger partial charge in [0, 0.05) is 23.5 Å². The number of ether oxygens (including phenoxy) is 1. The number of carbonyl (C=O) groups is 1. The Balaban J connectivity index is 1.74. The highest BCUT2D eigenvalue weighted by molar-refractivity contribution is 7.13. The van der Waals surface area contributed by atoms with Crippen molar-refractivity contribution in [1.82, 2.24) is 9.88 Å². The summed E-state index contributed by atoms with van der Waals surface area (Å²) in [5.41, 5.74) is 1.98. The number of hydrogen-bond acceptors (Lipinski definition) is 5. The monoisotopic (exact) mass is 332 g/mol. The number of rotatable bonds is 7. The topological polar surface area (TPSA) is 62.7 Å². The first kappa shape index (κ1) is 16.0. The molecule has 1 saturated carbocycles. The first-order valence-corrected chi connectivity index (χ1v) is 8.54. The van der Waals surface area contributed by atoms with E-state index in [2.05, 4.69) is 4.98 Å². The summed E-state index contributed by atoms with van der Waals surface area (Å²) >= 11 is 1.58. The highest BCUT2D eigenvalue weighted by Gasteiger charge is 2.35. The van der Waals surface area contributed by atoms with Crippen molar-refractivity contribution < 1.29 is 14.6 Å².